The first-order valence-electron chi connectivity index (χ1n) is 14.1. The maximum absolute atomic E-state index is 14.7. The normalized spacial score (nSPS) is 22.5. The number of ether oxygens (including phenoxy) is 1. The highest BCUT2D eigenvalue weighted by Crippen LogP contribution is 2.45. The van der Waals surface area contributed by atoms with E-state index in [4.69, 9.17) is 27.9 Å². The number of rotatable bonds is 6. The van der Waals surface area contributed by atoms with E-state index < -0.39 is 41.9 Å². The molecule has 2 heterocycles. The van der Waals surface area contributed by atoms with Crippen LogP contribution in [0, 0.1) is 0 Å². The van der Waals surface area contributed by atoms with Gasteiger partial charge in [0.25, 0.3) is 5.91 Å². The molecule has 1 unspecified atom stereocenters. The number of hydrogen-bond acceptors (Lipinski definition) is 5. The van der Waals surface area contributed by atoms with Crippen LogP contribution in [0.4, 0.5) is 13.2 Å². The van der Waals surface area contributed by atoms with Gasteiger partial charge in [-0.1, -0.05) is 80.4 Å². The molecule has 0 radical (unpaired) electrons. The summed E-state index contributed by atoms with van der Waals surface area (Å²) in [6.45, 7) is 4.49. The Kier molecular flexibility index (Phi) is 8.92. The lowest BCUT2D eigenvalue weighted by atomic mass is 9.84. The van der Waals surface area contributed by atoms with E-state index >= 15 is 0 Å². The molecule has 2 amide bonds. The van der Waals surface area contributed by atoms with Crippen molar-refractivity contribution in [1.82, 2.24) is 20.9 Å². The van der Waals surface area contributed by atoms with Crippen LogP contribution in [-0.2, 0) is 20.7 Å². The lowest BCUT2D eigenvalue weighted by molar-refractivity contribution is -0.154. The number of alkyl halides is 3. The molecule has 0 saturated carbocycles. The number of nitrogens with one attached hydrogen (secondary N) is 3. The average molecular weight is 650 g/mol. The van der Waals surface area contributed by atoms with Crippen molar-refractivity contribution in [2.45, 2.75) is 50.1 Å². The van der Waals surface area contributed by atoms with Gasteiger partial charge in [-0.2, -0.15) is 13.2 Å². The zero-order chi connectivity index (χ0) is 31.9. The Labute approximate surface area is 264 Å². The van der Waals surface area contributed by atoms with Crippen LogP contribution in [0.3, 0.4) is 0 Å². The minimum Gasteiger partial charge on any atom is -0.484 e. The van der Waals surface area contributed by atoms with Crippen molar-refractivity contribution in [3.63, 3.8) is 0 Å². The van der Waals surface area contributed by atoms with Crippen molar-refractivity contribution in [2.24, 2.45) is 0 Å². The SMILES string of the molecule is CC(C)(C)c1ccc(C2(C(=O)N3CCNC(=O)C3)N[C@H](c3ccc(Cl)cc3)[C@H](c3ccc(Cl)cc3)N2)c(OCC(F)(F)F)c1. The summed E-state index contributed by atoms with van der Waals surface area (Å²) >= 11 is 12.4. The molecule has 2 aliphatic rings. The summed E-state index contributed by atoms with van der Waals surface area (Å²) in [6, 6.07) is 18.0. The Morgan fingerprint density at radius 2 is 1.48 bits per heavy atom. The van der Waals surface area contributed by atoms with Crippen LogP contribution < -0.4 is 20.7 Å². The Balaban J connectivity index is 1.72. The predicted octanol–water partition coefficient (Wildman–Crippen LogP) is 6.02. The third-order valence-corrected chi connectivity index (χ3v) is 8.33. The Bertz CT molecular complexity index is 1470. The molecule has 2 aliphatic heterocycles. The van der Waals surface area contributed by atoms with Crippen LogP contribution in [0.15, 0.2) is 66.7 Å². The molecule has 0 aromatic heterocycles. The molecule has 2 saturated heterocycles. The van der Waals surface area contributed by atoms with E-state index in [9.17, 15) is 22.8 Å². The molecular formula is C32H33Cl2F3N4O3. The molecule has 234 valence electrons. The Morgan fingerprint density at radius 1 is 0.932 bits per heavy atom. The summed E-state index contributed by atoms with van der Waals surface area (Å²) < 4.78 is 46.0. The van der Waals surface area contributed by atoms with Crippen molar-refractivity contribution < 1.29 is 27.5 Å². The summed E-state index contributed by atoms with van der Waals surface area (Å²) in [5.41, 5.74) is 0.226. The van der Waals surface area contributed by atoms with E-state index in [1.807, 2.05) is 45.0 Å². The maximum Gasteiger partial charge on any atom is 0.422 e. The van der Waals surface area contributed by atoms with Crippen LogP contribution in [0.2, 0.25) is 10.0 Å². The van der Waals surface area contributed by atoms with Gasteiger partial charge in [-0.3, -0.25) is 20.2 Å². The molecule has 3 aromatic carbocycles. The van der Waals surface area contributed by atoms with Crippen LogP contribution in [0.1, 0.15) is 55.1 Å². The topological polar surface area (TPSA) is 82.7 Å². The first-order chi connectivity index (χ1) is 20.7. The summed E-state index contributed by atoms with van der Waals surface area (Å²) in [5.74, 6) is -0.961. The molecule has 5 rings (SSSR count). The van der Waals surface area contributed by atoms with Gasteiger partial charge >= 0.3 is 6.18 Å². The second-order valence-electron chi connectivity index (χ2n) is 12.0. The van der Waals surface area contributed by atoms with Gasteiger partial charge in [-0.25, -0.2) is 0 Å². The zero-order valence-corrected chi connectivity index (χ0v) is 25.9. The van der Waals surface area contributed by atoms with Gasteiger partial charge in [0, 0.05) is 28.7 Å². The minimum absolute atomic E-state index is 0.101. The van der Waals surface area contributed by atoms with E-state index in [0.717, 1.165) is 16.7 Å². The second kappa shape index (κ2) is 12.2. The minimum atomic E-state index is -4.62. The van der Waals surface area contributed by atoms with Crippen molar-refractivity contribution in [3.05, 3.63) is 99.0 Å². The van der Waals surface area contributed by atoms with Gasteiger partial charge in [0.05, 0.1) is 18.6 Å². The van der Waals surface area contributed by atoms with Gasteiger partial charge in [0.1, 0.15) is 5.75 Å². The van der Waals surface area contributed by atoms with E-state index in [2.05, 4.69) is 16.0 Å². The third kappa shape index (κ3) is 6.83. The van der Waals surface area contributed by atoms with Crippen LogP contribution >= 0.6 is 23.2 Å². The molecule has 3 atom stereocenters. The molecule has 3 aromatic rings. The average Bonchev–Trinajstić information content (AvgIpc) is 3.37. The fourth-order valence-corrected chi connectivity index (χ4v) is 5.84. The van der Waals surface area contributed by atoms with Gasteiger partial charge in [0.2, 0.25) is 5.91 Å². The van der Waals surface area contributed by atoms with Crippen LogP contribution in [0.25, 0.3) is 0 Å². The molecule has 0 spiro atoms. The number of carbonyl (C=O) groups excluding carboxylic acids is 2. The highest BCUT2D eigenvalue weighted by Gasteiger charge is 2.55. The second-order valence-corrected chi connectivity index (χ2v) is 12.9. The molecule has 44 heavy (non-hydrogen) atoms. The van der Waals surface area contributed by atoms with Crippen LogP contribution in [0.5, 0.6) is 5.75 Å². The van der Waals surface area contributed by atoms with Gasteiger partial charge in [-0.15, -0.1) is 0 Å². The number of nitrogens with zero attached hydrogens (tertiary/aromatic N) is 1. The van der Waals surface area contributed by atoms with Crippen molar-refractivity contribution >= 4 is 35.0 Å². The molecule has 2 fully saturated rings. The van der Waals surface area contributed by atoms with Crippen molar-refractivity contribution in [2.75, 3.05) is 26.2 Å². The van der Waals surface area contributed by atoms with E-state index in [0.29, 0.717) is 10.0 Å². The lowest BCUT2D eigenvalue weighted by Gasteiger charge is -2.38. The quantitative estimate of drug-likeness (QED) is 0.305. The molecule has 12 heteroatoms. The smallest absolute Gasteiger partial charge is 0.422 e. The molecule has 7 nitrogen and oxygen atoms in total. The van der Waals surface area contributed by atoms with Gasteiger partial charge < -0.3 is 15.0 Å². The predicted molar refractivity (Wildman–Crippen MR) is 163 cm³/mol. The summed E-state index contributed by atoms with van der Waals surface area (Å²) in [6.07, 6.45) is -4.62. The molecular weight excluding hydrogens is 616 g/mol. The number of halogens is 5. The Morgan fingerprint density at radius 3 is 1.95 bits per heavy atom. The van der Waals surface area contributed by atoms with E-state index in [1.165, 1.54) is 4.90 Å². The largest absolute Gasteiger partial charge is 0.484 e. The van der Waals surface area contributed by atoms with E-state index in [-0.39, 0.29) is 36.9 Å². The third-order valence-electron chi connectivity index (χ3n) is 7.82. The standard InChI is InChI=1S/C32H33Cl2F3N4O3/c1-30(2,3)21-8-13-24(25(16-21)44-18-31(35,36)37)32(29(43)41-15-14-38-26(42)17-41)39-27(19-4-9-22(33)10-5-19)28(40-32)20-6-11-23(34)12-7-20/h4-13,16,27-28,39-40H,14-15,17-18H2,1-3H3,(H,38,42)/t27-,28+,32?. The maximum atomic E-state index is 14.7. The van der Waals surface area contributed by atoms with Crippen LogP contribution in [-0.4, -0.2) is 49.1 Å². The van der Waals surface area contributed by atoms with Crippen molar-refractivity contribution in [1.29, 1.82) is 0 Å². The number of carbonyl (C=O) groups is 2. The van der Waals surface area contributed by atoms with E-state index in [1.54, 1.807) is 42.5 Å². The fraction of sp³-hybridized carbons (Fsp3) is 0.375. The number of piperazine rings is 1. The monoisotopic (exact) mass is 648 g/mol. The zero-order valence-electron chi connectivity index (χ0n) is 24.4. The summed E-state index contributed by atoms with van der Waals surface area (Å²) in [7, 11) is 0. The highest BCUT2D eigenvalue weighted by atomic mass is 35.5. The Hall–Kier alpha value is -3.31. The fourth-order valence-electron chi connectivity index (χ4n) is 5.59. The molecule has 3 N–H and O–H groups in total. The molecule has 0 bridgehead atoms. The first-order valence-corrected chi connectivity index (χ1v) is 14.9. The van der Waals surface area contributed by atoms with Gasteiger partial charge in [0.15, 0.2) is 12.3 Å². The van der Waals surface area contributed by atoms with Gasteiger partial charge in [-0.05, 0) is 52.4 Å². The first kappa shape index (κ1) is 32.1. The number of benzene rings is 3. The summed E-state index contributed by atoms with van der Waals surface area (Å²) in [4.78, 5) is 28.4. The summed E-state index contributed by atoms with van der Waals surface area (Å²) in [5, 5.41) is 10.7. The highest BCUT2D eigenvalue weighted by molar-refractivity contribution is 6.30. The molecule has 0 aliphatic carbocycles. The van der Waals surface area contributed by atoms with Crippen molar-refractivity contribution in [3.8, 4) is 5.75 Å². The number of amides is 2. The lowest BCUT2D eigenvalue weighted by Crippen LogP contribution is -2.62. The number of hydrogen-bond donors (Lipinski definition) is 3.